The number of thiazole rings is 1. The fraction of sp³-hybridized carbons (Fsp3) is 0.321. The van der Waals surface area contributed by atoms with E-state index in [-0.39, 0.29) is 23.9 Å². The third kappa shape index (κ3) is 4.92. The molecule has 2 aromatic carbocycles. The van der Waals surface area contributed by atoms with Crippen LogP contribution in [0.4, 0.5) is 13.2 Å². The third-order valence-electron chi connectivity index (χ3n) is 7.49. The predicted octanol–water partition coefficient (Wildman–Crippen LogP) is 4.65. The van der Waals surface area contributed by atoms with Crippen molar-refractivity contribution in [3.05, 3.63) is 76.4 Å². The number of amides is 2. The molecular formula is C28H26F3N5O2S. The summed E-state index contributed by atoms with van der Waals surface area (Å²) in [5.41, 5.74) is 2.22. The van der Waals surface area contributed by atoms with Gasteiger partial charge in [-0.3, -0.25) is 9.59 Å². The second-order valence-corrected chi connectivity index (χ2v) is 11.0. The fourth-order valence-corrected chi connectivity index (χ4v) is 6.00. The number of fused-ring (bicyclic) bond motifs is 1. The number of carbonyl (C=O) groups is 2. The van der Waals surface area contributed by atoms with Gasteiger partial charge in [0, 0.05) is 85.1 Å². The normalized spacial score (nSPS) is 18.1. The highest BCUT2D eigenvalue weighted by atomic mass is 32.1. The average molecular weight is 554 g/mol. The lowest BCUT2D eigenvalue weighted by molar-refractivity contribution is -0.137. The van der Waals surface area contributed by atoms with E-state index in [1.165, 1.54) is 23.5 Å². The number of hydrogen-bond donors (Lipinski definition) is 1. The number of nitrogens with zero attached hydrogens (tertiary/aromatic N) is 4. The minimum atomic E-state index is -4.38. The van der Waals surface area contributed by atoms with Crippen molar-refractivity contribution >= 4 is 34.1 Å². The van der Waals surface area contributed by atoms with Crippen molar-refractivity contribution in [1.82, 2.24) is 24.7 Å². The van der Waals surface area contributed by atoms with Gasteiger partial charge in [-0.25, -0.2) is 4.98 Å². The van der Waals surface area contributed by atoms with E-state index in [1.54, 1.807) is 22.5 Å². The minimum absolute atomic E-state index is 0.0303. The number of alkyl halides is 3. The molecular weight excluding hydrogens is 527 g/mol. The summed E-state index contributed by atoms with van der Waals surface area (Å²) in [6.07, 6.45) is -0.00399. The van der Waals surface area contributed by atoms with Gasteiger partial charge in [0.15, 0.2) is 5.01 Å². The summed E-state index contributed by atoms with van der Waals surface area (Å²) in [5, 5.41) is 6.76. The van der Waals surface area contributed by atoms with E-state index in [0.717, 1.165) is 35.0 Å². The zero-order chi connectivity index (χ0) is 27.3. The highest BCUT2D eigenvalue weighted by Crippen LogP contribution is 2.34. The van der Waals surface area contributed by atoms with Crippen LogP contribution in [0.5, 0.6) is 0 Å². The second-order valence-electron chi connectivity index (χ2n) is 10.1. The Morgan fingerprint density at radius 2 is 1.74 bits per heavy atom. The van der Waals surface area contributed by atoms with Crippen LogP contribution in [-0.2, 0) is 13.2 Å². The number of aromatic nitrogens is 2. The third-order valence-corrected chi connectivity index (χ3v) is 8.25. The summed E-state index contributed by atoms with van der Waals surface area (Å²) in [4.78, 5) is 33.4. The van der Waals surface area contributed by atoms with Crippen LogP contribution in [0.3, 0.4) is 0 Å². The van der Waals surface area contributed by atoms with Crippen LogP contribution in [-0.4, -0.2) is 69.4 Å². The molecule has 0 aliphatic carbocycles. The molecule has 0 unspecified atom stereocenters. The van der Waals surface area contributed by atoms with Crippen molar-refractivity contribution in [3.63, 3.8) is 0 Å². The first kappa shape index (κ1) is 25.6. The van der Waals surface area contributed by atoms with Crippen LogP contribution in [0.1, 0.15) is 32.1 Å². The standard InChI is InChI=1S/C28H26F3N5O2S/c1-34-16-23(17-2-5-19(6-3-17)28(29,30)31)22-7-4-18(12-24(22)34)26(37)36-14-21(15-36)33-20-8-10-35(13-20)27(38)25-32-9-11-39-25/h2-7,9,11-12,16,20-21,33H,8,10,13-15H2,1H3/t20-/m0/s1. The van der Waals surface area contributed by atoms with E-state index in [2.05, 4.69) is 10.3 Å². The van der Waals surface area contributed by atoms with E-state index >= 15 is 0 Å². The first-order chi connectivity index (χ1) is 18.7. The molecule has 2 aliphatic heterocycles. The Morgan fingerprint density at radius 3 is 2.44 bits per heavy atom. The van der Waals surface area contributed by atoms with Gasteiger partial charge in [0.25, 0.3) is 11.8 Å². The molecule has 0 bridgehead atoms. The Bertz CT molecular complexity index is 1530. The maximum Gasteiger partial charge on any atom is 0.416 e. The Balaban J connectivity index is 1.08. The van der Waals surface area contributed by atoms with Gasteiger partial charge in [0.1, 0.15) is 0 Å². The number of rotatable bonds is 5. The van der Waals surface area contributed by atoms with Crippen molar-refractivity contribution in [2.75, 3.05) is 26.2 Å². The highest BCUT2D eigenvalue weighted by molar-refractivity contribution is 7.11. The molecule has 7 nitrogen and oxygen atoms in total. The molecule has 6 rings (SSSR count). The molecule has 2 saturated heterocycles. The van der Waals surface area contributed by atoms with Gasteiger partial charge in [-0.2, -0.15) is 13.2 Å². The molecule has 1 N–H and O–H groups in total. The van der Waals surface area contributed by atoms with E-state index in [9.17, 15) is 22.8 Å². The van der Waals surface area contributed by atoms with Crippen molar-refractivity contribution in [2.45, 2.75) is 24.7 Å². The molecule has 2 aliphatic rings. The fourth-order valence-electron chi connectivity index (χ4n) is 5.40. The number of nitrogens with one attached hydrogen (secondary N) is 1. The molecule has 0 radical (unpaired) electrons. The van der Waals surface area contributed by atoms with Crippen molar-refractivity contribution in [1.29, 1.82) is 0 Å². The van der Waals surface area contributed by atoms with Crippen LogP contribution in [0.2, 0.25) is 0 Å². The SMILES string of the molecule is Cn1cc(-c2ccc(C(F)(F)F)cc2)c2ccc(C(=O)N3CC(N[C@H]4CCN(C(=O)c5nccs5)C4)C3)cc21. The lowest BCUT2D eigenvalue weighted by Crippen LogP contribution is -2.62. The summed E-state index contributed by atoms with van der Waals surface area (Å²) in [5.74, 6) is -0.0866. The second kappa shape index (κ2) is 9.80. The Hall–Kier alpha value is -3.70. The van der Waals surface area contributed by atoms with Crippen molar-refractivity contribution < 1.29 is 22.8 Å². The largest absolute Gasteiger partial charge is 0.416 e. The predicted molar refractivity (Wildman–Crippen MR) is 143 cm³/mol. The molecule has 4 heterocycles. The Morgan fingerprint density at radius 1 is 1.00 bits per heavy atom. The summed E-state index contributed by atoms with van der Waals surface area (Å²) >= 11 is 1.35. The summed E-state index contributed by atoms with van der Waals surface area (Å²) in [6.45, 7) is 2.51. The van der Waals surface area contributed by atoms with Crippen molar-refractivity contribution in [2.24, 2.45) is 7.05 Å². The van der Waals surface area contributed by atoms with Gasteiger partial charge in [0.05, 0.1) is 5.56 Å². The molecule has 202 valence electrons. The number of carbonyl (C=O) groups excluding carboxylic acids is 2. The van der Waals surface area contributed by atoms with Crippen LogP contribution >= 0.6 is 11.3 Å². The first-order valence-electron chi connectivity index (χ1n) is 12.7. The molecule has 2 amide bonds. The number of likely N-dealkylation sites (tertiary alicyclic amines) is 2. The number of aryl methyl sites for hydroxylation is 1. The van der Waals surface area contributed by atoms with Gasteiger partial charge in [-0.05, 0) is 36.2 Å². The zero-order valence-electron chi connectivity index (χ0n) is 21.1. The molecule has 11 heteroatoms. The van der Waals surface area contributed by atoms with Gasteiger partial charge >= 0.3 is 6.18 Å². The van der Waals surface area contributed by atoms with Crippen LogP contribution in [0.25, 0.3) is 22.0 Å². The maximum atomic E-state index is 13.2. The summed E-state index contributed by atoms with van der Waals surface area (Å²) in [7, 11) is 1.86. The highest BCUT2D eigenvalue weighted by Gasteiger charge is 2.36. The van der Waals surface area contributed by atoms with E-state index in [1.807, 2.05) is 34.8 Å². The zero-order valence-corrected chi connectivity index (χ0v) is 21.9. The molecule has 2 fully saturated rings. The monoisotopic (exact) mass is 553 g/mol. The van der Waals surface area contributed by atoms with Gasteiger partial charge in [-0.1, -0.05) is 18.2 Å². The molecule has 0 spiro atoms. The Labute approximate surface area is 226 Å². The van der Waals surface area contributed by atoms with E-state index < -0.39 is 11.7 Å². The van der Waals surface area contributed by atoms with Gasteiger partial charge in [-0.15, -0.1) is 11.3 Å². The first-order valence-corrected chi connectivity index (χ1v) is 13.6. The molecule has 1 atom stereocenters. The van der Waals surface area contributed by atoms with Crippen LogP contribution < -0.4 is 5.32 Å². The molecule has 0 saturated carbocycles. The summed E-state index contributed by atoms with van der Waals surface area (Å²) in [6, 6.07) is 11.0. The lowest BCUT2D eigenvalue weighted by Gasteiger charge is -2.41. The van der Waals surface area contributed by atoms with E-state index in [0.29, 0.717) is 42.3 Å². The van der Waals surface area contributed by atoms with E-state index in [4.69, 9.17) is 0 Å². The smallest absolute Gasteiger partial charge is 0.350 e. The summed E-state index contributed by atoms with van der Waals surface area (Å²) < 4.78 is 40.8. The molecule has 39 heavy (non-hydrogen) atoms. The molecule has 2 aromatic heterocycles. The Kier molecular flexibility index (Phi) is 6.43. The number of halogens is 3. The average Bonchev–Trinajstić information content (AvgIpc) is 3.66. The van der Waals surface area contributed by atoms with Gasteiger partial charge < -0.3 is 19.7 Å². The topological polar surface area (TPSA) is 70.5 Å². The quantitative estimate of drug-likeness (QED) is 0.391. The van der Waals surface area contributed by atoms with Crippen molar-refractivity contribution in [3.8, 4) is 11.1 Å². The van der Waals surface area contributed by atoms with Crippen LogP contribution in [0.15, 0.2) is 60.2 Å². The minimum Gasteiger partial charge on any atom is -0.350 e. The van der Waals surface area contributed by atoms with Crippen LogP contribution in [0, 0.1) is 0 Å². The number of benzene rings is 2. The maximum absolute atomic E-state index is 13.2. The number of hydrogen-bond acceptors (Lipinski definition) is 5. The molecule has 4 aromatic rings. The lowest BCUT2D eigenvalue weighted by atomic mass is 10.0. The van der Waals surface area contributed by atoms with Gasteiger partial charge in [0.2, 0.25) is 0 Å².